The van der Waals surface area contributed by atoms with Gasteiger partial charge in [-0.15, -0.1) is 0 Å². The second-order valence-electron chi connectivity index (χ2n) is 5.23. The van der Waals surface area contributed by atoms with Crippen molar-refractivity contribution >= 4 is 0 Å². The van der Waals surface area contributed by atoms with Crippen LogP contribution in [-0.4, -0.2) is 15.0 Å². The van der Waals surface area contributed by atoms with E-state index in [9.17, 15) is 0 Å². The summed E-state index contributed by atoms with van der Waals surface area (Å²) in [6.07, 6.45) is 3.11. The fourth-order valence-corrected chi connectivity index (χ4v) is 2.30. The molecule has 0 unspecified atom stereocenters. The van der Waals surface area contributed by atoms with Gasteiger partial charge in [0.1, 0.15) is 5.82 Å². The molecule has 2 aromatic carbocycles. The molecule has 0 aliphatic heterocycles. The van der Waals surface area contributed by atoms with Gasteiger partial charge >= 0.3 is 0 Å². The molecule has 0 N–H and O–H groups in total. The Morgan fingerprint density at radius 1 is 0.667 bits per heavy atom. The number of aryl methyl sites for hydroxylation is 1. The van der Waals surface area contributed by atoms with E-state index >= 15 is 0 Å². The van der Waals surface area contributed by atoms with E-state index in [1.54, 1.807) is 0 Å². The Morgan fingerprint density at radius 2 is 1.12 bits per heavy atom. The topological polar surface area (TPSA) is 38.7 Å². The van der Waals surface area contributed by atoms with Crippen LogP contribution in [0, 0.1) is 0 Å². The standard InChI is InChI=1S/C19H19N3.C2H6/c1-2-3-14-17-20-18(15-10-6-4-7-11-15)22-19(21-17)16-12-8-5-9-13-16;1-2/h4-13H,2-3,14H2,1H3;1-2H3. The van der Waals surface area contributed by atoms with E-state index in [-0.39, 0.29) is 0 Å². The molecule has 0 atom stereocenters. The van der Waals surface area contributed by atoms with E-state index in [0.29, 0.717) is 0 Å². The molecule has 3 heteroatoms. The van der Waals surface area contributed by atoms with Crippen molar-refractivity contribution in [1.29, 1.82) is 0 Å². The summed E-state index contributed by atoms with van der Waals surface area (Å²) >= 11 is 0. The molecule has 0 saturated heterocycles. The third kappa shape index (κ3) is 4.72. The minimum absolute atomic E-state index is 0.751. The van der Waals surface area contributed by atoms with E-state index in [0.717, 1.165) is 47.9 Å². The van der Waals surface area contributed by atoms with Crippen molar-refractivity contribution in [3.8, 4) is 22.8 Å². The molecule has 0 aliphatic carbocycles. The maximum Gasteiger partial charge on any atom is 0.163 e. The fourth-order valence-electron chi connectivity index (χ4n) is 2.30. The Hall–Kier alpha value is -2.55. The van der Waals surface area contributed by atoms with Gasteiger partial charge in [0.15, 0.2) is 11.6 Å². The van der Waals surface area contributed by atoms with E-state index in [4.69, 9.17) is 0 Å². The van der Waals surface area contributed by atoms with Crippen LogP contribution in [-0.2, 0) is 6.42 Å². The Kier molecular flexibility index (Phi) is 7.09. The van der Waals surface area contributed by atoms with E-state index in [2.05, 4.69) is 21.9 Å². The monoisotopic (exact) mass is 319 g/mol. The van der Waals surface area contributed by atoms with Crippen LogP contribution in [0.25, 0.3) is 22.8 Å². The molecule has 1 aromatic heterocycles. The third-order valence-electron chi connectivity index (χ3n) is 3.50. The predicted molar refractivity (Wildman–Crippen MR) is 101 cm³/mol. The molecule has 124 valence electrons. The first-order chi connectivity index (χ1) is 11.9. The maximum absolute atomic E-state index is 4.66. The summed E-state index contributed by atoms with van der Waals surface area (Å²) < 4.78 is 0. The molecule has 3 rings (SSSR count). The highest BCUT2D eigenvalue weighted by atomic mass is 15.0. The highest BCUT2D eigenvalue weighted by molar-refractivity contribution is 5.60. The zero-order chi connectivity index (χ0) is 17.2. The highest BCUT2D eigenvalue weighted by Crippen LogP contribution is 2.20. The van der Waals surface area contributed by atoms with Crippen LogP contribution >= 0.6 is 0 Å². The molecular weight excluding hydrogens is 294 g/mol. The fraction of sp³-hybridized carbons (Fsp3) is 0.286. The zero-order valence-corrected chi connectivity index (χ0v) is 14.7. The summed E-state index contributed by atoms with van der Waals surface area (Å²) in [5, 5.41) is 0. The van der Waals surface area contributed by atoms with Gasteiger partial charge in [-0.1, -0.05) is 87.9 Å². The molecule has 0 saturated carbocycles. The SMILES string of the molecule is CC.CCCCc1nc(-c2ccccc2)nc(-c2ccccc2)n1. The first-order valence-corrected chi connectivity index (χ1v) is 8.72. The highest BCUT2D eigenvalue weighted by Gasteiger charge is 2.09. The number of benzene rings is 2. The van der Waals surface area contributed by atoms with Crippen LogP contribution in [0.2, 0.25) is 0 Å². The average molecular weight is 319 g/mol. The Morgan fingerprint density at radius 3 is 1.54 bits per heavy atom. The number of nitrogens with zero attached hydrogens (tertiary/aromatic N) is 3. The van der Waals surface area contributed by atoms with Gasteiger partial charge < -0.3 is 0 Å². The number of aromatic nitrogens is 3. The van der Waals surface area contributed by atoms with Gasteiger partial charge in [-0.2, -0.15) is 0 Å². The second kappa shape index (κ2) is 9.56. The largest absolute Gasteiger partial charge is 0.213 e. The molecule has 0 fully saturated rings. The molecule has 24 heavy (non-hydrogen) atoms. The molecule has 0 aliphatic rings. The summed E-state index contributed by atoms with van der Waals surface area (Å²) in [6, 6.07) is 20.2. The van der Waals surface area contributed by atoms with Crippen LogP contribution in [0.5, 0.6) is 0 Å². The first-order valence-electron chi connectivity index (χ1n) is 8.72. The number of unbranched alkanes of at least 4 members (excludes halogenated alkanes) is 1. The average Bonchev–Trinajstić information content (AvgIpc) is 2.69. The summed E-state index contributed by atoms with van der Waals surface area (Å²) in [7, 11) is 0. The van der Waals surface area contributed by atoms with E-state index in [1.807, 2.05) is 74.5 Å². The Labute approximate surface area is 144 Å². The Balaban J connectivity index is 0.00000100. The Bertz CT molecular complexity index is 667. The predicted octanol–water partition coefficient (Wildman–Crippen LogP) is 5.57. The molecule has 0 amide bonds. The van der Waals surface area contributed by atoms with Crippen LogP contribution in [0.3, 0.4) is 0 Å². The first kappa shape index (κ1) is 17.8. The quantitative estimate of drug-likeness (QED) is 0.616. The minimum Gasteiger partial charge on any atom is -0.213 e. The lowest BCUT2D eigenvalue weighted by atomic mass is 10.2. The van der Waals surface area contributed by atoms with Crippen molar-refractivity contribution in [3.05, 3.63) is 66.5 Å². The van der Waals surface area contributed by atoms with Gasteiger partial charge in [-0.25, -0.2) is 15.0 Å². The van der Waals surface area contributed by atoms with E-state index in [1.165, 1.54) is 0 Å². The molecular formula is C21H25N3. The summed E-state index contributed by atoms with van der Waals surface area (Å²) in [5.41, 5.74) is 2.06. The third-order valence-corrected chi connectivity index (χ3v) is 3.50. The lowest BCUT2D eigenvalue weighted by Crippen LogP contribution is -2.03. The molecule has 3 aromatic rings. The molecule has 3 nitrogen and oxygen atoms in total. The normalized spacial score (nSPS) is 9.96. The van der Waals surface area contributed by atoms with Crippen molar-refractivity contribution < 1.29 is 0 Å². The van der Waals surface area contributed by atoms with Crippen LogP contribution in [0.4, 0.5) is 0 Å². The van der Waals surface area contributed by atoms with Crippen molar-refractivity contribution in [3.63, 3.8) is 0 Å². The lowest BCUT2D eigenvalue weighted by molar-refractivity contribution is 0.748. The number of hydrogen-bond acceptors (Lipinski definition) is 3. The van der Waals surface area contributed by atoms with Gasteiger partial charge in [-0.05, 0) is 6.42 Å². The van der Waals surface area contributed by atoms with Crippen molar-refractivity contribution in [2.75, 3.05) is 0 Å². The van der Waals surface area contributed by atoms with Gasteiger partial charge in [0, 0.05) is 17.5 Å². The van der Waals surface area contributed by atoms with E-state index < -0.39 is 0 Å². The smallest absolute Gasteiger partial charge is 0.163 e. The van der Waals surface area contributed by atoms with Gasteiger partial charge in [0.05, 0.1) is 0 Å². The van der Waals surface area contributed by atoms with Gasteiger partial charge in [0.25, 0.3) is 0 Å². The van der Waals surface area contributed by atoms with Crippen LogP contribution < -0.4 is 0 Å². The van der Waals surface area contributed by atoms with Crippen LogP contribution in [0.1, 0.15) is 39.4 Å². The summed E-state index contributed by atoms with van der Waals surface area (Å²) in [5.74, 6) is 2.37. The lowest BCUT2D eigenvalue weighted by Gasteiger charge is -2.07. The molecule has 0 bridgehead atoms. The number of hydrogen-bond donors (Lipinski definition) is 0. The van der Waals surface area contributed by atoms with Crippen molar-refractivity contribution in [2.45, 2.75) is 40.0 Å². The summed E-state index contributed by atoms with van der Waals surface area (Å²) in [6.45, 7) is 6.18. The van der Waals surface area contributed by atoms with Crippen LogP contribution in [0.15, 0.2) is 60.7 Å². The van der Waals surface area contributed by atoms with Gasteiger partial charge in [0.2, 0.25) is 0 Å². The molecule has 0 spiro atoms. The zero-order valence-electron chi connectivity index (χ0n) is 14.7. The molecule has 1 heterocycles. The van der Waals surface area contributed by atoms with Gasteiger partial charge in [-0.3, -0.25) is 0 Å². The molecule has 0 radical (unpaired) electrons. The number of rotatable bonds is 5. The maximum atomic E-state index is 4.66. The second-order valence-corrected chi connectivity index (χ2v) is 5.23. The summed E-state index contributed by atoms with van der Waals surface area (Å²) in [4.78, 5) is 13.9. The van der Waals surface area contributed by atoms with Crippen molar-refractivity contribution in [2.24, 2.45) is 0 Å². The van der Waals surface area contributed by atoms with Crippen molar-refractivity contribution in [1.82, 2.24) is 15.0 Å². The minimum atomic E-state index is 0.751.